The van der Waals surface area contributed by atoms with Crippen LogP contribution in [0.1, 0.15) is 37.1 Å². The number of aryl methyl sites for hydroxylation is 1. The Morgan fingerprint density at radius 3 is 2.67 bits per heavy atom. The number of rotatable bonds is 9. The Morgan fingerprint density at radius 1 is 1.33 bits per heavy atom. The number of aliphatic imine (C=N–C) groups is 1. The van der Waals surface area contributed by atoms with Gasteiger partial charge in [0, 0.05) is 49.7 Å². The van der Waals surface area contributed by atoms with Crippen molar-refractivity contribution in [2.75, 3.05) is 45.9 Å². The molecule has 1 unspecified atom stereocenters. The predicted octanol–water partition coefficient (Wildman–Crippen LogP) is 2.91. The molecule has 2 heterocycles. The summed E-state index contributed by atoms with van der Waals surface area (Å²) in [6.07, 6.45) is 4.04. The molecule has 0 radical (unpaired) electrons. The van der Waals surface area contributed by atoms with Gasteiger partial charge in [0.15, 0.2) is 5.96 Å². The van der Waals surface area contributed by atoms with Crippen LogP contribution in [0.3, 0.4) is 0 Å². The number of halogens is 1. The normalized spacial score (nSPS) is 16.9. The largest absolute Gasteiger partial charge is 0.379 e. The molecule has 0 saturated carbocycles. The first kappa shape index (κ1) is 24.6. The van der Waals surface area contributed by atoms with E-state index in [9.17, 15) is 0 Å². The van der Waals surface area contributed by atoms with Crippen molar-refractivity contribution < 1.29 is 4.74 Å². The van der Waals surface area contributed by atoms with Crippen LogP contribution >= 0.6 is 35.3 Å². The SMILES string of the molecule is CCNC(=NCC(CC(C)C)N1CCOCC1)NCCc1ncc(C)s1.I. The minimum Gasteiger partial charge on any atom is -0.379 e. The van der Waals surface area contributed by atoms with E-state index < -0.39 is 0 Å². The number of aromatic nitrogens is 1. The molecular formula is C19H36IN5OS. The van der Waals surface area contributed by atoms with Gasteiger partial charge in [0.05, 0.1) is 24.8 Å². The van der Waals surface area contributed by atoms with Gasteiger partial charge >= 0.3 is 0 Å². The summed E-state index contributed by atoms with van der Waals surface area (Å²) in [5.41, 5.74) is 0. The Balaban J connectivity index is 0.00000364. The third-order valence-corrected chi connectivity index (χ3v) is 5.38. The van der Waals surface area contributed by atoms with Gasteiger partial charge in [-0.25, -0.2) is 4.98 Å². The molecule has 27 heavy (non-hydrogen) atoms. The Kier molecular flexibility index (Phi) is 12.5. The lowest BCUT2D eigenvalue weighted by molar-refractivity contribution is 0.0143. The number of guanidine groups is 1. The van der Waals surface area contributed by atoms with Crippen LogP contribution in [0.2, 0.25) is 0 Å². The Labute approximate surface area is 185 Å². The van der Waals surface area contributed by atoms with Crippen LogP contribution in [-0.2, 0) is 11.2 Å². The second kappa shape index (κ2) is 13.7. The topological polar surface area (TPSA) is 61.8 Å². The number of hydrogen-bond acceptors (Lipinski definition) is 5. The van der Waals surface area contributed by atoms with Crippen LogP contribution in [0.4, 0.5) is 0 Å². The summed E-state index contributed by atoms with van der Waals surface area (Å²) in [6.45, 7) is 15.0. The van der Waals surface area contributed by atoms with Crippen molar-refractivity contribution in [1.82, 2.24) is 20.5 Å². The van der Waals surface area contributed by atoms with E-state index in [-0.39, 0.29) is 24.0 Å². The van der Waals surface area contributed by atoms with Gasteiger partial charge in [0.2, 0.25) is 0 Å². The molecule has 2 N–H and O–H groups in total. The second-order valence-corrected chi connectivity index (χ2v) is 8.51. The quantitative estimate of drug-likeness (QED) is 0.305. The maximum Gasteiger partial charge on any atom is 0.191 e. The van der Waals surface area contributed by atoms with E-state index in [1.54, 1.807) is 11.3 Å². The molecular weight excluding hydrogens is 473 g/mol. The van der Waals surface area contributed by atoms with Crippen molar-refractivity contribution in [3.05, 3.63) is 16.1 Å². The van der Waals surface area contributed by atoms with Crippen LogP contribution in [0.25, 0.3) is 0 Å². The molecule has 0 amide bonds. The number of ether oxygens (including phenoxy) is 1. The maximum atomic E-state index is 5.51. The highest BCUT2D eigenvalue weighted by molar-refractivity contribution is 14.0. The number of hydrogen-bond donors (Lipinski definition) is 2. The highest BCUT2D eigenvalue weighted by Gasteiger charge is 2.21. The second-order valence-electron chi connectivity index (χ2n) is 7.19. The third-order valence-electron chi connectivity index (χ3n) is 4.41. The summed E-state index contributed by atoms with van der Waals surface area (Å²) in [5, 5.41) is 7.99. The van der Waals surface area contributed by atoms with E-state index in [1.807, 2.05) is 6.20 Å². The van der Waals surface area contributed by atoms with Crippen LogP contribution in [0.15, 0.2) is 11.2 Å². The first-order valence-electron chi connectivity index (χ1n) is 9.83. The van der Waals surface area contributed by atoms with Crippen LogP contribution in [0, 0.1) is 12.8 Å². The van der Waals surface area contributed by atoms with E-state index in [1.165, 1.54) is 16.3 Å². The van der Waals surface area contributed by atoms with Gasteiger partial charge < -0.3 is 15.4 Å². The molecule has 0 aliphatic carbocycles. The summed E-state index contributed by atoms with van der Waals surface area (Å²) in [6, 6.07) is 0.482. The lowest BCUT2D eigenvalue weighted by Crippen LogP contribution is -2.46. The summed E-state index contributed by atoms with van der Waals surface area (Å²) in [4.78, 5) is 13.1. The highest BCUT2D eigenvalue weighted by Crippen LogP contribution is 2.14. The molecule has 156 valence electrons. The lowest BCUT2D eigenvalue weighted by atomic mass is 10.0. The standard InChI is InChI=1S/C19H35N5OS.HI/c1-5-20-19(21-7-6-18-22-13-16(4)26-18)23-14-17(12-15(2)3)24-8-10-25-11-9-24;/h13,15,17H,5-12,14H2,1-4H3,(H2,20,21,23);1H. The molecule has 0 aromatic carbocycles. The average Bonchev–Trinajstić information content (AvgIpc) is 3.04. The Morgan fingerprint density at radius 2 is 2.07 bits per heavy atom. The molecule has 8 heteroatoms. The van der Waals surface area contributed by atoms with Gasteiger partial charge in [-0.05, 0) is 26.2 Å². The van der Waals surface area contributed by atoms with Crippen LogP contribution < -0.4 is 10.6 Å². The molecule has 1 fully saturated rings. The zero-order valence-corrected chi connectivity index (χ0v) is 20.3. The summed E-state index contributed by atoms with van der Waals surface area (Å²) in [7, 11) is 0. The van der Waals surface area contributed by atoms with Gasteiger partial charge in [-0.1, -0.05) is 13.8 Å². The average molecular weight is 510 g/mol. The van der Waals surface area contributed by atoms with Crippen molar-refractivity contribution in [2.24, 2.45) is 10.9 Å². The molecule has 1 atom stereocenters. The monoisotopic (exact) mass is 509 g/mol. The summed E-state index contributed by atoms with van der Waals surface area (Å²) >= 11 is 1.77. The summed E-state index contributed by atoms with van der Waals surface area (Å²) in [5.74, 6) is 1.57. The van der Waals surface area contributed by atoms with Crippen molar-refractivity contribution in [3.63, 3.8) is 0 Å². The number of thiazole rings is 1. The lowest BCUT2D eigenvalue weighted by Gasteiger charge is -2.34. The first-order valence-corrected chi connectivity index (χ1v) is 10.7. The third kappa shape index (κ3) is 9.54. The van der Waals surface area contributed by atoms with Gasteiger partial charge in [-0.2, -0.15) is 0 Å². The van der Waals surface area contributed by atoms with Crippen LogP contribution in [-0.4, -0.2) is 67.8 Å². The van der Waals surface area contributed by atoms with Crippen molar-refractivity contribution in [1.29, 1.82) is 0 Å². The van der Waals surface area contributed by atoms with Gasteiger partial charge in [0.1, 0.15) is 0 Å². The Bertz CT molecular complexity index is 546. The molecule has 1 aliphatic heterocycles. The fourth-order valence-electron chi connectivity index (χ4n) is 3.17. The van der Waals surface area contributed by atoms with Crippen molar-refractivity contribution in [2.45, 2.75) is 46.6 Å². The van der Waals surface area contributed by atoms with Gasteiger partial charge in [0.25, 0.3) is 0 Å². The van der Waals surface area contributed by atoms with Crippen molar-refractivity contribution >= 4 is 41.3 Å². The minimum absolute atomic E-state index is 0. The molecule has 6 nitrogen and oxygen atoms in total. The van der Waals surface area contributed by atoms with E-state index in [0.717, 1.165) is 58.3 Å². The van der Waals surface area contributed by atoms with Gasteiger partial charge in [-0.15, -0.1) is 35.3 Å². The molecule has 0 bridgehead atoms. The van der Waals surface area contributed by atoms with E-state index in [2.05, 4.69) is 48.2 Å². The minimum atomic E-state index is 0. The molecule has 2 rings (SSSR count). The fourth-order valence-corrected chi connectivity index (χ4v) is 3.96. The molecule has 1 aromatic heterocycles. The van der Waals surface area contributed by atoms with E-state index >= 15 is 0 Å². The highest BCUT2D eigenvalue weighted by atomic mass is 127. The molecule has 1 aliphatic rings. The smallest absolute Gasteiger partial charge is 0.191 e. The Hall–Kier alpha value is -0.450. The number of nitrogens with one attached hydrogen (secondary N) is 2. The first-order chi connectivity index (χ1) is 12.6. The zero-order chi connectivity index (χ0) is 18.8. The fraction of sp³-hybridized carbons (Fsp3) is 0.789. The molecule has 1 saturated heterocycles. The maximum absolute atomic E-state index is 5.51. The number of nitrogens with zero attached hydrogens (tertiary/aromatic N) is 3. The molecule has 1 aromatic rings. The van der Waals surface area contributed by atoms with E-state index in [0.29, 0.717) is 12.0 Å². The van der Waals surface area contributed by atoms with Gasteiger partial charge in [-0.3, -0.25) is 9.89 Å². The van der Waals surface area contributed by atoms with Crippen molar-refractivity contribution in [3.8, 4) is 0 Å². The summed E-state index contributed by atoms with van der Waals surface area (Å²) < 4.78 is 5.51. The van der Waals surface area contributed by atoms with E-state index in [4.69, 9.17) is 9.73 Å². The zero-order valence-electron chi connectivity index (χ0n) is 17.2. The predicted molar refractivity (Wildman–Crippen MR) is 126 cm³/mol. The number of morpholine rings is 1. The van der Waals surface area contributed by atoms with Crippen LogP contribution in [0.5, 0.6) is 0 Å². The molecule has 0 spiro atoms.